The molecule has 1 aliphatic heterocycles. The largest absolute Gasteiger partial charge is 0.481 e. The maximum Gasteiger partial charge on any atom is 0.306 e. The number of carbonyl (C=O) groups is 2. The first-order chi connectivity index (χ1) is 12.1. The van der Waals surface area contributed by atoms with E-state index in [2.05, 4.69) is 10.3 Å². The second-order valence-corrected chi connectivity index (χ2v) is 5.91. The van der Waals surface area contributed by atoms with E-state index in [1.54, 1.807) is 35.2 Å². The Kier molecular flexibility index (Phi) is 4.92. The van der Waals surface area contributed by atoms with Gasteiger partial charge in [-0.05, 0) is 37.1 Å². The van der Waals surface area contributed by atoms with Gasteiger partial charge in [-0.1, -0.05) is 12.1 Å². The van der Waals surface area contributed by atoms with Crippen molar-refractivity contribution in [3.8, 4) is 0 Å². The standard InChI is InChI=1S/C18H18FN3O3/c19-14-5-1-2-6-15(14)21-16-13(4-3-9-20-16)17(23)22-10-7-12(8-11-22)18(24)25/h1-6,9,12H,7-8,10-11H2,(H,20,21)(H,24,25). The molecule has 1 saturated heterocycles. The molecule has 2 aromatic rings. The highest BCUT2D eigenvalue weighted by atomic mass is 19.1. The molecule has 0 bridgehead atoms. The number of pyridine rings is 1. The number of anilines is 2. The summed E-state index contributed by atoms with van der Waals surface area (Å²) in [6, 6.07) is 9.43. The summed E-state index contributed by atoms with van der Waals surface area (Å²) < 4.78 is 13.8. The Hall–Kier alpha value is -2.96. The van der Waals surface area contributed by atoms with Crippen LogP contribution in [0.3, 0.4) is 0 Å². The van der Waals surface area contributed by atoms with Crippen molar-refractivity contribution in [1.82, 2.24) is 9.88 Å². The van der Waals surface area contributed by atoms with E-state index < -0.39 is 17.7 Å². The van der Waals surface area contributed by atoms with Crippen LogP contribution in [0.4, 0.5) is 15.9 Å². The van der Waals surface area contributed by atoms with Crippen LogP contribution in [0.15, 0.2) is 42.6 Å². The number of carbonyl (C=O) groups excluding carboxylic acids is 1. The number of aliphatic carboxylic acids is 1. The molecule has 1 aromatic heterocycles. The van der Waals surface area contributed by atoms with Crippen molar-refractivity contribution in [1.29, 1.82) is 0 Å². The number of hydrogen-bond donors (Lipinski definition) is 2. The molecule has 0 spiro atoms. The third-order valence-electron chi connectivity index (χ3n) is 4.30. The summed E-state index contributed by atoms with van der Waals surface area (Å²) in [6.07, 6.45) is 2.38. The van der Waals surface area contributed by atoms with Gasteiger partial charge in [-0.3, -0.25) is 9.59 Å². The molecule has 1 aliphatic rings. The smallest absolute Gasteiger partial charge is 0.306 e. The van der Waals surface area contributed by atoms with E-state index in [-0.39, 0.29) is 17.4 Å². The molecule has 2 N–H and O–H groups in total. The van der Waals surface area contributed by atoms with Crippen LogP contribution in [0.25, 0.3) is 0 Å². The van der Waals surface area contributed by atoms with Gasteiger partial charge < -0.3 is 15.3 Å². The zero-order valence-corrected chi connectivity index (χ0v) is 13.5. The van der Waals surface area contributed by atoms with E-state index in [0.717, 1.165) is 0 Å². The van der Waals surface area contributed by atoms with Gasteiger partial charge in [-0.15, -0.1) is 0 Å². The van der Waals surface area contributed by atoms with E-state index >= 15 is 0 Å². The molecule has 25 heavy (non-hydrogen) atoms. The Labute approximate surface area is 144 Å². The number of nitrogens with one attached hydrogen (secondary N) is 1. The number of benzene rings is 1. The molecule has 0 saturated carbocycles. The van der Waals surface area contributed by atoms with Crippen LogP contribution in [0, 0.1) is 11.7 Å². The lowest BCUT2D eigenvalue weighted by molar-refractivity contribution is -0.143. The number of carboxylic acid groups (broad SMARTS) is 1. The maximum absolute atomic E-state index is 13.8. The lowest BCUT2D eigenvalue weighted by Crippen LogP contribution is -2.40. The molecule has 2 heterocycles. The van der Waals surface area contributed by atoms with Gasteiger partial charge in [0.15, 0.2) is 0 Å². The van der Waals surface area contributed by atoms with Crippen LogP contribution in [0.1, 0.15) is 23.2 Å². The van der Waals surface area contributed by atoms with Crippen LogP contribution in [-0.2, 0) is 4.79 Å². The highest BCUT2D eigenvalue weighted by Crippen LogP contribution is 2.24. The number of nitrogens with zero attached hydrogens (tertiary/aromatic N) is 2. The highest BCUT2D eigenvalue weighted by Gasteiger charge is 2.28. The normalized spacial score (nSPS) is 15.0. The molecule has 3 rings (SSSR count). The summed E-state index contributed by atoms with van der Waals surface area (Å²) >= 11 is 0. The van der Waals surface area contributed by atoms with Crippen molar-refractivity contribution in [3.05, 3.63) is 54.0 Å². The van der Waals surface area contributed by atoms with Crippen LogP contribution < -0.4 is 5.32 Å². The van der Waals surface area contributed by atoms with Gasteiger partial charge in [0.2, 0.25) is 0 Å². The zero-order valence-electron chi connectivity index (χ0n) is 13.5. The number of amides is 1. The third-order valence-corrected chi connectivity index (χ3v) is 4.30. The minimum Gasteiger partial charge on any atom is -0.481 e. The summed E-state index contributed by atoms with van der Waals surface area (Å²) in [5.74, 6) is -1.63. The van der Waals surface area contributed by atoms with Crippen molar-refractivity contribution in [2.45, 2.75) is 12.8 Å². The van der Waals surface area contributed by atoms with Gasteiger partial charge in [-0.25, -0.2) is 9.37 Å². The molecule has 1 aromatic carbocycles. The predicted octanol–water partition coefficient (Wildman–Crippen LogP) is 2.90. The first kappa shape index (κ1) is 16.9. The Morgan fingerprint density at radius 3 is 2.56 bits per heavy atom. The number of rotatable bonds is 4. The van der Waals surface area contributed by atoms with Crippen LogP contribution in [0.2, 0.25) is 0 Å². The number of aromatic nitrogens is 1. The topological polar surface area (TPSA) is 82.5 Å². The Morgan fingerprint density at radius 2 is 1.88 bits per heavy atom. The van der Waals surface area contributed by atoms with Crippen molar-refractivity contribution in [2.24, 2.45) is 5.92 Å². The molecule has 1 fully saturated rings. The van der Waals surface area contributed by atoms with Gasteiger partial charge in [0.1, 0.15) is 11.6 Å². The van der Waals surface area contributed by atoms with E-state index in [1.807, 2.05) is 0 Å². The van der Waals surface area contributed by atoms with Crippen LogP contribution >= 0.6 is 0 Å². The van der Waals surface area contributed by atoms with Crippen molar-refractivity contribution >= 4 is 23.4 Å². The molecule has 0 unspecified atom stereocenters. The van der Waals surface area contributed by atoms with Crippen LogP contribution in [-0.4, -0.2) is 40.0 Å². The number of carboxylic acids is 1. The lowest BCUT2D eigenvalue weighted by Gasteiger charge is -2.30. The average Bonchev–Trinajstić information content (AvgIpc) is 2.63. The monoisotopic (exact) mass is 343 g/mol. The number of likely N-dealkylation sites (tertiary alicyclic amines) is 1. The fourth-order valence-corrected chi connectivity index (χ4v) is 2.87. The first-order valence-electron chi connectivity index (χ1n) is 8.05. The number of piperidine rings is 1. The molecule has 0 radical (unpaired) electrons. The summed E-state index contributed by atoms with van der Waals surface area (Å²) in [5, 5.41) is 11.9. The van der Waals surface area contributed by atoms with Crippen molar-refractivity contribution in [3.63, 3.8) is 0 Å². The predicted molar refractivity (Wildman–Crippen MR) is 90.2 cm³/mol. The quantitative estimate of drug-likeness (QED) is 0.892. The average molecular weight is 343 g/mol. The summed E-state index contributed by atoms with van der Waals surface area (Å²) in [4.78, 5) is 29.6. The minimum atomic E-state index is -0.824. The van der Waals surface area contributed by atoms with Gasteiger partial charge in [0.25, 0.3) is 5.91 Å². The fourth-order valence-electron chi connectivity index (χ4n) is 2.87. The molecule has 7 heteroatoms. The maximum atomic E-state index is 13.8. The zero-order chi connectivity index (χ0) is 17.8. The second kappa shape index (κ2) is 7.29. The van der Waals surface area contributed by atoms with E-state index in [4.69, 9.17) is 5.11 Å². The summed E-state index contributed by atoms with van der Waals surface area (Å²) in [5.41, 5.74) is 0.569. The first-order valence-corrected chi connectivity index (χ1v) is 8.05. The Balaban J connectivity index is 1.78. The Morgan fingerprint density at radius 1 is 1.16 bits per heavy atom. The molecular weight excluding hydrogens is 325 g/mol. The molecule has 130 valence electrons. The number of hydrogen-bond acceptors (Lipinski definition) is 4. The lowest BCUT2D eigenvalue weighted by atomic mass is 9.96. The van der Waals surface area contributed by atoms with Crippen molar-refractivity contribution in [2.75, 3.05) is 18.4 Å². The molecule has 0 aliphatic carbocycles. The molecule has 1 amide bonds. The van der Waals surface area contributed by atoms with E-state index in [9.17, 15) is 14.0 Å². The van der Waals surface area contributed by atoms with Crippen molar-refractivity contribution < 1.29 is 19.1 Å². The highest BCUT2D eigenvalue weighted by molar-refractivity contribution is 5.99. The fraction of sp³-hybridized carbons (Fsp3) is 0.278. The van der Waals surface area contributed by atoms with Gasteiger partial charge >= 0.3 is 5.97 Å². The second-order valence-electron chi connectivity index (χ2n) is 5.91. The number of halogens is 1. The SMILES string of the molecule is O=C(O)C1CCN(C(=O)c2cccnc2Nc2ccccc2F)CC1. The van der Waals surface area contributed by atoms with E-state index in [1.165, 1.54) is 12.3 Å². The molecular formula is C18H18FN3O3. The van der Waals surface area contributed by atoms with Gasteiger partial charge in [0.05, 0.1) is 17.2 Å². The number of para-hydroxylation sites is 1. The third kappa shape index (κ3) is 3.76. The molecule has 6 nitrogen and oxygen atoms in total. The van der Waals surface area contributed by atoms with Gasteiger partial charge in [0, 0.05) is 19.3 Å². The summed E-state index contributed by atoms with van der Waals surface area (Å²) in [7, 11) is 0. The van der Waals surface area contributed by atoms with Crippen LogP contribution in [0.5, 0.6) is 0 Å². The minimum absolute atomic E-state index is 0.236. The molecule has 0 atom stereocenters. The van der Waals surface area contributed by atoms with Gasteiger partial charge in [-0.2, -0.15) is 0 Å². The Bertz CT molecular complexity index is 789. The van der Waals surface area contributed by atoms with E-state index in [0.29, 0.717) is 31.5 Å². The summed E-state index contributed by atoms with van der Waals surface area (Å²) in [6.45, 7) is 0.758.